The highest BCUT2D eigenvalue weighted by molar-refractivity contribution is 5.92. The second kappa shape index (κ2) is 5.17. The van der Waals surface area contributed by atoms with Gasteiger partial charge < -0.3 is 10.6 Å². The molecule has 1 aliphatic heterocycles. The number of aromatic nitrogens is 1. The van der Waals surface area contributed by atoms with E-state index in [0.29, 0.717) is 6.54 Å². The van der Waals surface area contributed by atoms with E-state index in [-0.39, 0.29) is 0 Å². The summed E-state index contributed by atoms with van der Waals surface area (Å²) >= 11 is 0. The van der Waals surface area contributed by atoms with Crippen LogP contribution in [0, 0.1) is 5.92 Å². The fourth-order valence-electron chi connectivity index (χ4n) is 2.98. The van der Waals surface area contributed by atoms with Crippen molar-refractivity contribution in [3.63, 3.8) is 0 Å². The molecule has 0 radical (unpaired) electrons. The third-order valence-electron chi connectivity index (χ3n) is 3.95. The van der Waals surface area contributed by atoms with Gasteiger partial charge in [0.05, 0.1) is 11.2 Å². The first kappa shape index (κ1) is 12.4. The maximum Gasteiger partial charge on any atom is 0.0726 e. The van der Waals surface area contributed by atoms with Crippen LogP contribution < -0.4 is 10.6 Å². The van der Waals surface area contributed by atoms with Crippen LogP contribution in [0.3, 0.4) is 0 Å². The predicted octanol–water partition coefficient (Wildman–Crippen LogP) is 2.93. The van der Waals surface area contributed by atoms with Crippen LogP contribution in [0.5, 0.6) is 0 Å². The molecule has 0 spiro atoms. The Morgan fingerprint density at radius 2 is 2.21 bits per heavy atom. The van der Waals surface area contributed by atoms with Crippen molar-refractivity contribution in [2.75, 3.05) is 18.0 Å². The maximum atomic E-state index is 5.79. The van der Waals surface area contributed by atoms with Crippen molar-refractivity contribution in [1.29, 1.82) is 0 Å². The third kappa shape index (κ3) is 2.43. The molecule has 3 rings (SSSR count). The van der Waals surface area contributed by atoms with Crippen LogP contribution in [0.1, 0.15) is 25.5 Å². The van der Waals surface area contributed by atoms with E-state index < -0.39 is 0 Å². The average Bonchev–Trinajstić information content (AvgIpc) is 2.46. The lowest BCUT2D eigenvalue weighted by Gasteiger charge is -2.33. The molecule has 100 valence electrons. The molecule has 0 bridgehead atoms. The Morgan fingerprint density at radius 1 is 1.37 bits per heavy atom. The van der Waals surface area contributed by atoms with Crippen molar-refractivity contribution in [2.24, 2.45) is 11.7 Å². The van der Waals surface area contributed by atoms with Crippen molar-refractivity contribution >= 4 is 16.6 Å². The van der Waals surface area contributed by atoms with Gasteiger partial charge in [0.25, 0.3) is 0 Å². The molecule has 1 aromatic heterocycles. The Hall–Kier alpha value is -1.61. The van der Waals surface area contributed by atoms with Crippen molar-refractivity contribution in [1.82, 2.24) is 4.98 Å². The zero-order valence-electron chi connectivity index (χ0n) is 11.5. The van der Waals surface area contributed by atoms with Gasteiger partial charge in [-0.2, -0.15) is 0 Å². The summed E-state index contributed by atoms with van der Waals surface area (Å²) in [4.78, 5) is 7.11. The van der Waals surface area contributed by atoms with Crippen LogP contribution in [0.15, 0.2) is 30.3 Å². The molecule has 3 nitrogen and oxygen atoms in total. The second-order valence-corrected chi connectivity index (χ2v) is 5.55. The zero-order valence-corrected chi connectivity index (χ0v) is 11.5. The van der Waals surface area contributed by atoms with Gasteiger partial charge in [-0.25, -0.2) is 0 Å². The number of para-hydroxylation sites is 1. The second-order valence-electron chi connectivity index (χ2n) is 5.55. The summed E-state index contributed by atoms with van der Waals surface area (Å²) in [6.45, 7) is 5.11. The third-order valence-corrected chi connectivity index (χ3v) is 3.95. The summed E-state index contributed by atoms with van der Waals surface area (Å²) in [6.07, 6.45) is 2.61. The van der Waals surface area contributed by atoms with E-state index in [9.17, 15) is 0 Å². The molecular formula is C16H21N3. The van der Waals surface area contributed by atoms with Gasteiger partial charge in [0.1, 0.15) is 0 Å². The number of fused-ring (bicyclic) bond motifs is 1. The van der Waals surface area contributed by atoms with Crippen molar-refractivity contribution < 1.29 is 0 Å². The Morgan fingerprint density at radius 3 is 3.00 bits per heavy atom. The standard InChI is InChI=1S/C16H21N3/c1-12-5-4-8-19(11-12)16-9-13(10-17)18-15-7-3-2-6-14(15)16/h2-3,6-7,9,12H,4-5,8,10-11,17H2,1H3. The predicted molar refractivity (Wildman–Crippen MR) is 80.2 cm³/mol. The molecule has 1 aliphatic rings. The van der Waals surface area contributed by atoms with Gasteiger partial charge in [-0.3, -0.25) is 4.98 Å². The summed E-state index contributed by atoms with van der Waals surface area (Å²) in [5, 5.41) is 1.24. The number of rotatable bonds is 2. The van der Waals surface area contributed by atoms with Crippen LogP contribution in [0.25, 0.3) is 10.9 Å². The number of hydrogen-bond donors (Lipinski definition) is 1. The van der Waals surface area contributed by atoms with Gasteiger partial charge in [-0.05, 0) is 30.9 Å². The van der Waals surface area contributed by atoms with E-state index in [1.807, 2.05) is 6.07 Å². The van der Waals surface area contributed by atoms with E-state index in [1.165, 1.54) is 23.9 Å². The fraction of sp³-hybridized carbons (Fsp3) is 0.438. The Labute approximate surface area is 114 Å². The molecule has 0 amide bonds. The summed E-state index contributed by atoms with van der Waals surface area (Å²) in [5.41, 5.74) is 9.12. The minimum absolute atomic E-state index is 0.501. The largest absolute Gasteiger partial charge is 0.371 e. The molecule has 1 unspecified atom stereocenters. The first-order valence-corrected chi connectivity index (χ1v) is 7.11. The van der Waals surface area contributed by atoms with Crippen LogP contribution >= 0.6 is 0 Å². The van der Waals surface area contributed by atoms with Crippen molar-refractivity contribution in [3.8, 4) is 0 Å². The number of piperidine rings is 1. The first-order chi connectivity index (χ1) is 9.28. The summed E-state index contributed by atoms with van der Waals surface area (Å²) in [6, 6.07) is 10.5. The zero-order chi connectivity index (χ0) is 13.2. The fourth-order valence-corrected chi connectivity index (χ4v) is 2.98. The molecular weight excluding hydrogens is 234 g/mol. The number of nitrogens with zero attached hydrogens (tertiary/aromatic N) is 2. The smallest absolute Gasteiger partial charge is 0.0726 e. The number of benzene rings is 1. The number of hydrogen-bond acceptors (Lipinski definition) is 3. The number of nitrogens with two attached hydrogens (primary N) is 1. The molecule has 0 saturated carbocycles. The Balaban J connectivity index is 2.10. The molecule has 19 heavy (non-hydrogen) atoms. The molecule has 1 fully saturated rings. The Kier molecular flexibility index (Phi) is 3.38. The summed E-state index contributed by atoms with van der Waals surface area (Å²) in [7, 11) is 0. The molecule has 0 aliphatic carbocycles. The highest BCUT2D eigenvalue weighted by Gasteiger charge is 2.19. The van der Waals surface area contributed by atoms with Gasteiger partial charge in [0.15, 0.2) is 0 Å². The number of anilines is 1. The Bertz CT molecular complexity index is 579. The molecule has 3 heteroatoms. The van der Waals surface area contributed by atoms with Crippen LogP contribution in [-0.2, 0) is 6.54 Å². The lowest BCUT2D eigenvalue weighted by Crippen LogP contribution is -2.34. The molecule has 1 aromatic carbocycles. The van der Waals surface area contributed by atoms with E-state index in [1.54, 1.807) is 0 Å². The monoisotopic (exact) mass is 255 g/mol. The molecule has 2 aromatic rings. The van der Waals surface area contributed by atoms with E-state index in [0.717, 1.165) is 30.2 Å². The number of pyridine rings is 1. The van der Waals surface area contributed by atoms with Gasteiger partial charge in [0.2, 0.25) is 0 Å². The topological polar surface area (TPSA) is 42.1 Å². The van der Waals surface area contributed by atoms with Crippen molar-refractivity contribution in [3.05, 3.63) is 36.0 Å². The van der Waals surface area contributed by atoms with Crippen molar-refractivity contribution in [2.45, 2.75) is 26.3 Å². The molecule has 2 heterocycles. The summed E-state index contributed by atoms with van der Waals surface area (Å²) in [5.74, 6) is 0.766. The molecule has 1 saturated heterocycles. The molecule has 2 N–H and O–H groups in total. The lowest BCUT2D eigenvalue weighted by atomic mass is 9.99. The van der Waals surface area contributed by atoms with Crippen LogP contribution in [-0.4, -0.2) is 18.1 Å². The van der Waals surface area contributed by atoms with Crippen LogP contribution in [0.2, 0.25) is 0 Å². The highest BCUT2D eigenvalue weighted by Crippen LogP contribution is 2.30. The summed E-state index contributed by atoms with van der Waals surface area (Å²) < 4.78 is 0. The first-order valence-electron chi connectivity index (χ1n) is 7.11. The average molecular weight is 255 g/mol. The SMILES string of the molecule is CC1CCCN(c2cc(CN)nc3ccccc23)C1. The quantitative estimate of drug-likeness (QED) is 0.897. The minimum Gasteiger partial charge on any atom is -0.371 e. The van der Waals surface area contributed by atoms with Gasteiger partial charge >= 0.3 is 0 Å². The minimum atomic E-state index is 0.501. The van der Waals surface area contributed by atoms with E-state index in [4.69, 9.17) is 5.73 Å². The van der Waals surface area contributed by atoms with Gasteiger partial charge in [-0.1, -0.05) is 25.1 Å². The maximum absolute atomic E-state index is 5.79. The normalized spacial score (nSPS) is 19.9. The van der Waals surface area contributed by atoms with Crippen LogP contribution in [0.4, 0.5) is 5.69 Å². The lowest BCUT2D eigenvalue weighted by molar-refractivity contribution is 0.447. The van der Waals surface area contributed by atoms with E-state index >= 15 is 0 Å². The van der Waals surface area contributed by atoms with Gasteiger partial charge in [0, 0.05) is 30.7 Å². The molecule has 1 atom stereocenters. The highest BCUT2D eigenvalue weighted by atomic mass is 15.1. The van der Waals surface area contributed by atoms with E-state index in [2.05, 4.69) is 41.1 Å². The van der Waals surface area contributed by atoms with Gasteiger partial charge in [-0.15, -0.1) is 0 Å².